The number of hydrogen-bond donors (Lipinski definition) is 1. The number of nitrogens with two attached hydrogens (primary N) is 1. The van der Waals surface area contributed by atoms with Crippen molar-refractivity contribution in [1.82, 2.24) is 0 Å². The van der Waals surface area contributed by atoms with Gasteiger partial charge in [-0.3, -0.25) is 0 Å². The molecule has 2 N–H and O–H groups in total. The fourth-order valence-electron chi connectivity index (χ4n) is 1.07. The van der Waals surface area contributed by atoms with E-state index >= 15 is 0 Å². The van der Waals surface area contributed by atoms with Crippen LogP contribution in [0.4, 0.5) is 5.69 Å². The summed E-state index contributed by atoms with van der Waals surface area (Å²) in [6, 6.07) is 4.15. The van der Waals surface area contributed by atoms with Gasteiger partial charge in [-0.25, -0.2) is 0 Å². The van der Waals surface area contributed by atoms with Crippen LogP contribution < -0.4 is 5.73 Å². The average molecular weight is 293 g/mol. The molecule has 12 heavy (non-hydrogen) atoms. The van der Waals surface area contributed by atoms with Gasteiger partial charge in [-0.15, -0.1) is 0 Å². The summed E-state index contributed by atoms with van der Waals surface area (Å²) >= 11 is 6.82. The zero-order chi connectivity index (χ0) is 9.14. The second-order valence-electron chi connectivity index (χ2n) is 2.72. The molecule has 0 atom stereocenters. The third-order valence-corrected chi connectivity index (χ3v) is 2.99. The van der Waals surface area contributed by atoms with Crippen molar-refractivity contribution in [3.63, 3.8) is 0 Å². The molecule has 0 spiro atoms. The Morgan fingerprint density at radius 1 is 1.25 bits per heavy atom. The summed E-state index contributed by atoms with van der Waals surface area (Å²) < 4.78 is 1.95. The Morgan fingerprint density at radius 2 is 1.75 bits per heavy atom. The van der Waals surface area contributed by atoms with Crippen molar-refractivity contribution < 1.29 is 0 Å². The molecule has 0 saturated carbocycles. The van der Waals surface area contributed by atoms with Crippen LogP contribution in [0.5, 0.6) is 0 Å². The van der Waals surface area contributed by atoms with E-state index < -0.39 is 0 Å². The SMILES string of the molecule is CCCc1cc(Br)c(N)c(Br)c1. The molecule has 0 heterocycles. The minimum absolute atomic E-state index is 0.773. The van der Waals surface area contributed by atoms with Crippen LogP contribution in [0.2, 0.25) is 0 Å². The van der Waals surface area contributed by atoms with Crippen molar-refractivity contribution in [2.75, 3.05) is 5.73 Å². The van der Waals surface area contributed by atoms with Crippen molar-refractivity contribution in [3.05, 3.63) is 26.6 Å². The van der Waals surface area contributed by atoms with Gasteiger partial charge in [-0.1, -0.05) is 13.3 Å². The lowest BCUT2D eigenvalue weighted by molar-refractivity contribution is 0.920. The first-order chi connectivity index (χ1) is 5.65. The molecule has 0 aliphatic rings. The molecule has 0 radical (unpaired) electrons. The highest BCUT2D eigenvalue weighted by atomic mass is 79.9. The standard InChI is InChI=1S/C9H11Br2N/c1-2-3-6-4-7(10)9(12)8(11)5-6/h4-5H,2-3,12H2,1H3. The van der Waals surface area contributed by atoms with Gasteiger partial charge in [0.2, 0.25) is 0 Å². The van der Waals surface area contributed by atoms with E-state index in [0.29, 0.717) is 0 Å². The number of benzene rings is 1. The number of aryl methyl sites for hydroxylation is 1. The molecule has 66 valence electrons. The zero-order valence-corrected chi connectivity index (χ0v) is 10.1. The van der Waals surface area contributed by atoms with Crippen molar-refractivity contribution in [1.29, 1.82) is 0 Å². The average Bonchev–Trinajstić information content (AvgIpc) is 2.01. The number of anilines is 1. The lowest BCUT2D eigenvalue weighted by atomic mass is 10.1. The topological polar surface area (TPSA) is 26.0 Å². The Kier molecular flexibility index (Phi) is 3.59. The Labute approximate surface area is 89.6 Å². The number of rotatable bonds is 2. The van der Waals surface area contributed by atoms with Crippen LogP contribution in [-0.4, -0.2) is 0 Å². The van der Waals surface area contributed by atoms with E-state index in [1.165, 1.54) is 5.56 Å². The first-order valence-electron chi connectivity index (χ1n) is 3.88. The van der Waals surface area contributed by atoms with Gasteiger partial charge < -0.3 is 5.73 Å². The van der Waals surface area contributed by atoms with Gasteiger partial charge in [-0.2, -0.15) is 0 Å². The van der Waals surface area contributed by atoms with Gasteiger partial charge in [0.15, 0.2) is 0 Å². The molecule has 0 saturated heterocycles. The molecule has 0 aromatic heterocycles. The Bertz CT molecular complexity index is 261. The van der Waals surface area contributed by atoms with E-state index in [4.69, 9.17) is 5.73 Å². The molecule has 1 nitrogen and oxygen atoms in total. The van der Waals surface area contributed by atoms with Crippen molar-refractivity contribution >= 4 is 37.5 Å². The lowest BCUT2D eigenvalue weighted by Crippen LogP contribution is -1.91. The third kappa shape index (κ3) is 2.23. The minimum atomic E-state index is 0.773. The predicted molar refractivity (Wildman–Crippen MR) is 60.2 cm³/mol. The zero-order valence-electron chi connectivity index (χ0n) is 6.90. The second-order valence-corrected chi connectivity index (χ2v) is 4.43. The van der Waals surface area contributed by atoms with Crippen molar-refractivity contribution in [2.24, 2.45) is 0 Å². The maximum atomic E-state index is 5.75. The molecule has 1 aromatic carbocycles. The maximum absolute atomic E-state index is 5.75. The number of nitrogen functional groups attached to an aromatic ring is 1. The fraction of sp³-hybridized carbons (Fsp3) is 0.333. The maximum Gasteiger partial charge on any atom is 0.0603 e. The highest BCUT2D eigenvalue weighted by Crippen LogP contribution is 2.29. The molecule has 0 fully saturated rings. The number of hydrogen-bond acceptors (Lipinski definition) is 1. The monoisotopic (exact) mass is 291 g/mol. The quantitative estimate of drug-likeness (QED) is 0.826. The molecule has 0 amide bonds. The first-order valence-corrected chi connectivity index (χ1v) is 5.47. The molecule has 0 bridgehead atoms. The van der Waals surface area contributed by atoms with E-state index in [-0.39, 0.29) is 0 Å². The highest BCUT2D eigenvalue weighted by Gasteiger charge is 2.02. The summed E-state index contributed by atoms with van der Waals surface area (Å²) in [5, 5.41) is 0. The normalized spacial score (nSPS) is 10.2. The number of halogens is 2. The Balaban J connectivity index is 3.04. The van der Waals surface area contributed by atoms with Crippen molar-refractivity contribution in [2.45, 2.75) is 19.8 Å². The van der Waals surface area contributed by atoms with Gasteiger partial charge in [0.25, 0.3) is 0 Å². The summed E-state index contributed by atoms with van der Waals surface area (Å²) in [5.41, 5.74) is 7.84. The molecule has 0 unspecified atom stereocenters. The fourth-order valence-corrected chi connectivity index (χ4v) is 2.35. The van der Waals surface area contributed by atoms with Crippen LogP contribution in [0.1, 0.15) is 18.9 Å². The predicted octanol–water partition coefficient (Wildman–Crippen LogP) is 3.75. The molecule has 1 rings (SSSR count). The molecule has 0 aliphatic carbocycles. The first kappa shape index (κ1) is 10.1. The summed E-state index contributed by atoms with van der Waals surface area (Å²) in [4.78, 5) is 0. The van der Waals surface area contributed by atoms with Crippen LogP contribution in [0.25, 0.3) is 0 Å². The largest absolute Gasteiger partial charge is 0.397 e. The van der Waals surface area contributed by atoms with Gasteiger partial charge >= 0.3 is 0 Å². The third-order valence-electron chi connectivity index (χ3n) is 1.68. The lowest BCUT2D eigenvalue weighted by Gasteiger charge is -2.05. The summed E-state index contributed by atoms with van der Waals surface area (Å²) in [5.74, 6) is 0. The van der Waals surface area contributed by atoms with Crippen LogP contribution in [-0.2, 0) is 6.42 Å². The molecule has 3 heteroatoms. The molecule has 1 aromatic rings. The molecule has 0 aliphatic heterocycles. The summed E-state index contributed by atoms with van der Waals surface area (Å²) in [6.07, 6.45) is 2.25. The van der Waals surface area contributed by atoms with Gasteiger partial charge in [0, 0.05) is 8.95 Å². The highest BCUT2D eigenvalue weighted by molar-refractivity contribution is 9.11. The Morgan fingerprint density at radius 3 is 2.17 bits per heavy atom. The molecular weight excluding hydrogens is 282 g/mol. The minimum Gasteiger partial charge on any atom is -0.397 e. The smallest absolute Gasteiger partial charge is 0.0603 e. The van der Waals surface area contributed by atoms with E-state index in [1.807, 2.05) is 0 Å². The van der Waals surface area contributed by atoms with E-state index in [0.717, 1.165) is 27.5 Å². The van der Waals surface area contributed by atoms with E-state index in [9.17, 15) is 0 Å². The van der Waals surface area contributed by atoms with Crippen LogP contribution in [0, 0.1) is 0 Å². The van der Waals surface area contributed by atoms with E-state index in [1.54, 1.807) is 0 Å². The van der Waals surface area contributed by atoms with Gasteiger partial charge in [0.1, 0.15) is 0 Å². The van der Waals surface area contributed by atoms with Crippen LogP contribution in [0.3, 0.4) is 0 Å². The van der Waals surface area contributed by atoms with E-state index in [2.05, 4.69) is 50.9 Å². The summed E-state index contributed by atoms with van der Waals surface area (Å²) in [7, 11) is 0. The molecular formula is C9H11Br2N. The summed E-state index contributed by atoms with van der Waals surface area (Å²) in [6.45, 7) is 2.16. The van der Waals surface area contributed by atoms with Gasteiger partial charge in [0.05, 0.1) is 5.69 Å². The van der Waals surface area contributed by atoms with Crippen LogP contribution in [0.15, 0.2) is 21.1 Å². The van der Waals surface area contributed by atoms with Crippen LogP contribution >= 0.6 is 31.9 Å². The van der Waals surface area contributed by atoms with Gasteiger partial charge in [-0.05, 0) is 56.0 Å². The Hall–Kier alpha value is -0.0200. The van der Waals surface area contributed by atoms with Crippen molar-refractivity contribution in [3.8, 4) is 0 Å². The second kappa shape index (κ2) is 4.28.